The van der Waals surface area contributed by atoms with Crippen LogP contribution in [0.3, 0.4) is 0 Å². The second-order valence-corrected chi connectivity index (χ2v) is 6.12. The Morgan fingerprint density at radius 2 is 2.00 bits per heavy atom. The smallest absolute Gasteiger partial charge is 0.251 e. The van der Waals surface area contributed by atoms with Crippen LogP contribution in [-0.4, -0.2) is 32.0 Å². The van der Waals surface area contributed by atoms with E-state index in [9.17, 15) is 8.42 Å². The minimum atomic E-state index is -3.29. The summed E-state index contributed by atoms with van der Waals surface area (Å²) in [5.41, 5.74) is 1.09. The van der Waals surface area contributed by atoms with E-state index in [1.54, 1.807) is 0 Å². The number of likely N-dealkylation sites (tertiary alicyclic amines) is 1. The zero-order valence-corrected chi connectivity index (χ0v) is 11.0. The molecule has 1 aliphatic rings. The quantitative estimate of drug-likeness (QED) is 0.844. The van der Waals surface area contributed by atoms with Crippen LogP contribution in [0, 0.1) is 0 Å². The molecule has 1 saturated heterocycles. The Bertz CT molecular complexity index is 537. The number of hydrogen-bond donors (Lipinski definition) is 0. The third kappa shape index (κ3) is 3.44. The highest BCUT2D eigenvalue weighted by Gasteiger charge is 2.23. The molecule has 0 aromatic heterocycles. The maximum Gasteiger partial charge on any atom is 0.251 e. The summed E-state index contributed by atoms with van der Waals surface area (Å²) in [6.07, 6.45) is 1.83. The summed E-state index contributed by atoms with van der Waals surface area (Å²) < 4.78 is 25.8. The third-order valence-corrected chi connectivity index (χ3v) is 3.32. The summed E-state index contributed by atoms with van der Waals surface area (Å²) in [7, 11) is -3.29. The zero-order chi connectivity index (χ0) is 12.5. The van der Waals surface area contributed by atoms with Gasteiger partial charge in [-0.25, -0.2) is 8.42 Å². The van der Waals surface area contributed by atoms with Gasteiger partial charge in [-0.15, -0.1) is 0 Å². The SMILES string of the molecule is CS(=O)(=O)/N=C1\CCN1Cc1ccc(Cl)cc1. The molecule has 0 radical (unpaired) electrons. The molecule has 0 bridgehead atoms. The number of hydrogen-bond acceptors (Lipinski definition) is 2. The Morgan fingerprint density at radius 3 is 2.47 bits per heavy atom. The van der Waals surface area contributed by atoms with Crippen molar-refractivity contribution in [3.8, 4) is 0 Å². The van der Waals surface area contributed by atoms with Gasteiger partial charge in [0.25, 0.3) is 10.0 Å². The van der Waals surface area contributed by atoms with Crippen LogP contribution in [0.5, 0.6) is 0 Å². The van der Waals surface area contributed by atoms with Crippen LogP contribution in [0.25, 0.3) is 0 Å². The van der Waals surface area contributed by atoms with Crippen LogP contribution in [0.15, 0.2) is 28.7 Å². The molecule has 2 rings (SSSR count). The van der Waals surface area contributed by atoms with Gasteiger partial charge in [-0.2, -0.15) is 4.40 Å². The standard InChI is InChI=1S/C11H13ClN2O2S/c1-17(15,16)13-11-6-7-14(11)8-9-2-4-10(12)5-3-9/h2-5H,6-8H2,1H3/b13-11+. The van der Waals surface area contributed by atoms with Gasteiger partial charge in [0.2, 0.25) is 0 Å². The lowest BCUT2D eigenvalue weighted by atomic mass is 10.1. The normalized spacial score (nSPS) is 18.2. The van der Waals surface area contributed by atoms with Crippen LogP contribution >= 0.6 is 11.6 Å². The maximum absolute atomic E-state index is 11.0. The zero-order valence-electron chi connectivity index (χ0n) is 9.43. The van der Waals surface area contributed by atoms with E-state index >= 15 is 0 Å². The van der Waals surface area contributed by atoms with Gasteiger partial charge in [-0.3, -0.25) is 0 Å². The maximum atomic E-state index is 11.0. The number of sulfonamides is 1. The van der Waals surface area contributed by atoms with Crippen molar-refractivity contribution in [3.63, 3.8) is 0 Å². The summed E-state index contributed by atoms with van der Waals surface area (Å²) in [6.45, 7) is 1.52. The summed E-state index contributed by atoms with van der Waals surface area (Å²) >= 11 is 5.80. The Balaban J connectivity index is 2.06. The second kappa shape index (κ2) is 4.66. The molecule has 6 heteroatoms. The van der Waals surface area contributed by atoms with Crippen molar-refractivity contribution in [1.82, 2.24) is 4.90 Å². The van der Waals surface area contributed by atoms with Crippen molar-refractivity contribution in [2.45, 2.75) is 13.0 Å². The van der Waals surface area contributed by atoms with Gasteiger partial charge in [-0.05, 0) is 17.7 Å². The average Bonchev–Trinajstić information content (AvgIpc) is 2.23. The predicted molar refractivity (Wildman–Crippen MR) is 68.8 cm³/mol. The molecule has 0 unspecified atom stereocenters. The van der Waals surface area contributed by atoms with Crippen molar-refractivity contribution >= 4 is 27.5 Å². The molecule has 4 nitrogen and oxygen atoms in total. The first-order chi connectivity index (χ1) is 7.94. The van der Waals surface area contributed by atoms with Gasteiger partial charge in [0, 0.05) is 24.5 Å². The van der Waals surface area contributed by atoms with Gasteiger partial charge < -0.3 is 4.90 Å². The van der Waals surface area contributed by atoms with Crippen LogP contribution in [-0.2, 0) is 16.6 Å². The molecule has 1 aromatic rings. The van der Waals surface area contributed by atoms with Crippen LogP contribution in [0.1, 0.15) is 12.0 Å². The molecule has 92 valence electrons. The van der Waals surface area contributed by atoms with E-state index in [4.69, 9.17) is 11.6 Å². The first-order valence-electron chi connectivity index (χ1n) is 5.22. The van der Waals surface area contributed by atoms with E-state index in [0.29, 0.717) is 17.4 Å². The number of amidine groups is 1. The Labute approximate surface area is 106 Å². The molecular formula is C11H13ClN2O2S. The Hall–Kier alpha value is -1.07. The molecule has 1 fully saturated rings. The van der Waals surface area contributed by atoms with Crippen LogP contribution in [0.4, 0.5) is 0 Å². The summed E-state index contributed by atoms with van der Waals surface area (Å²) in [5.74, 6) is 0.641. The first-order valence-corrected chi connectivity index (χ1v) is 7.45. The van der Waals surface area contributed by atoms with E-state index in [1.165, 1.54) is 0 Å². The molecule has 0 saturated carbocycles. The minimum Gasteiger partial charge on any atom is -0.355 e. The van der Waals surface area contributed by atoms with Gasteiger partial charge in [-0.1, -0.05) is 23.7 Å². The van der Waals surface area contributed by atoms with E-state index in [0.717, 1.165) is 24.8 Å². The topological polar surface area (TPSA) is 49.7 Å². The van der Waals surface area contributed by atoms with Crippen molar-refractivity contribution < 1.29 is 8.42 Å². The van der Waals surface area contributed by atoms with E-state index < -0.39 is 10.0 Å². The lowest BCUT2D eigenvalue weighted by molar-refractivity contribution is 0.352. The van der Waals surface area contributed by atoms with Crippen molar-refractivity contribution in [1.29, 1.82) is 0 Å². The highest BCUT2D eigenvalue weighted by atomic mass is 35.5. The van der Waals surface area contributed by atoms with Crippen molar-refractivity contribution in [2.24, 2.45) is 4.40 Å². The second-order valence-electron chi connectivity index (χ2n) is 4.04. The first kappa shape index (κ1) is 12.4. The fourth-order valence-corrected chi connectivity index (χ4v) is 2.36. The van der Waals surface area contributed by atoms with E-state index in [2.05, 4.69) is 4.40 Å². The molecule has 1 heterocycles. The molecule has 0 aliphatic carbocycles. The summed E-state index contributed by atoms with van der Waals surface area (Å²) in [5, 5.41) is 0.697. The molecule has 1 aliphatic heterocycles. The summed E-state index contributed by atoms with van der Waals surface area (Å²) in [6, 6.07) is 7.51. The predicted octanol–water partition coefficient (Wildman–Crippen LogP) is 1.90. The summed E-state index contributed by atoms with van der Waals surface area (Å²) in [4.78, 5) is 1.95. The lowest BCUT2D eigenvalue weighted by Crippen LogP contribution is -2.43. The van der Waals surface area contributed by atoms with Gasteiger partial charge in [0.15, 0.2) is 0 Å². The fraction of sp³-hybridized carbons (Fsp3) is 0.364. The number of nitrogens with zero attached hydrogens (tertiary/aromatic N) is 2. The molecular weight excluding hydrogens is 260 g/mol. The molecule has 17 heavy (non-hydrogen) atoms. The number of halogens is 1. The molecule has 0 amide bonds. The van der Waals surface area contributed by atoms with Crippen LogP contribution in [0.2, 0.25) is 5.02 Å². The average molecular weight is 273 g/mol. The Kier molecular flexibility index (Phi) is 3.40. The monoisotopic (exact) mass is 272 g/mol. The number of benzene rings is 1. The van der Waals surface area contributed by atoms with Gasteiger partial charge in [0.1, 0.15) is 5.84 Å². The Morgan fingerprint density at radius 1 is 1.35 bits per heavy atom. The highest BCUT2D eigenvalue weighted by Crippen LogP contribution is 2.18. The van der Waals surface area contributed by atoms with Gasteiger partial charge >= 0.3 is 0 Å². The number of rotatable bonds is 3. The van der Waals surface area contributed by atoms with Crippen LogP contribution < -0.4 is 0 Å². The van der Waals surface area contributed by atoms with Crippen molar-refractivity contribution in [3.05, 3.63) is 34.9 Å². The largest absolute Gasteiger partial charge is 0.355 e. The fourth-order valence-electron chi connectivity index (χ4n) is 1.65. The molecule has 0 spiro atoms. The van der Waals surface area contributed by atoms with E-state index in [-0.39, 0.29) is 0 Å². The van der Waals surface area contributed by atoms with E-state index in [1.807, 2.05) is 29.2 Å². The lowest BCUT2D eigenvalue weighted by Gasteiger charge is -2.34. The molecule has 1 aromatic carbocycles. The third-order valence-electron chi connectivity index (χ3n) is 2.53. The van der Waals surface area contributed by atoms with Gasteiger partial charge in [0.05, 0.1) is 6.26 Å². The van der Waals surface area contributed by atoms with Crippen molar-refractivity contribution in [2.75, 3.05) is 12.8 Å². The highest BCUT2D eigenvalue weighted by molar-refractivity contribution is 7.89. The minimum absolute atomic E-state index is 0.641. The molecule has 0 N–H and O–H groups in total. The molecule has 0 atom stereocenters.